The molecule has 0 radical (unpaired) electrons. The monoisotopic (exact) mass is 272 g/mol. The molecule has 0 aromatic heterocycles. The van der Waals surface area contributed by atoms with Gasteiger partial charge in [0.2, 0.25) is 0 Å². The molecule has 1 heterocycles. The third-order valence-corrected chi connectivity index (χ3v) is 4.61. The molecular formula is C15H32N2S. The van der Waals surface area contributed by atoms with E-state index in [0.29, 0.717) is 10.2 Å². The van der Waals surface area contributed by atoms with Crippen molar-refractivity contribution in [2.24, 2.45) is 11.3 Å². The van der Waals surface area contributed by atoms with Gasteiger partial charge in [0.15, 0.2) is 0 Å². The Labute approximate surface area is 118 Å². The maximum atomic E-state index is 3.60. The molecule has 0 aliphatic carbocycles. The molecule has 1 saturated heterocycles. The molecule has 0 atom stereocenters. The first kappa shape index (κ1) is 16.3. The van der Waals surface area contributed by atoms with Crippen molar-refractivity contribution in [3.05, 3.63) is 0 Å². The maximum Gasteiger partial charge on any atom is 0.0231 e. The van der Waals surface area contributed by atoms with Gasteiger partial charge in [0.25, 0.3) is 0 Å². The topological polar surface area (TPSA) is 15.3 Å². The van der Waals surface area contributed by atoms with Gasteiger partial charge >= 0.3 is 0 Å². The molecule has 1 rings (SSSR count). The SMILES string of the molecule is CC(C)CNCC(C)(C)CN1CCSC(C)(C)C1. The molecule has 108 valence electrons. The second-order valence-electron chi connectivity index (χ2n) is 7.51. The Morgan fingerprint density at radius 2 is 2.00 bits per heavy atom. The van der Waals surface area contributed by atoms with Crippen LogP contribution >= 0.6 is 11.8 Å². The lowest BCUT2D eigenvalue weighted by Gasteiger charge is -2.41. The van der Waals surface area contributed by atoms with Crippen molar-refractivity contribution in [3.63, 3.8) is 0 Å². The van der Waals surface area contributed by atoms with E-state index >= 15 is 0 Å². The molecular weight excluding hydrogens is 240 g/mol. The summed E-state index contributed by atoms with van der Waals surface area (Å²) >= 11 is 2.11. The van der Waals surface area contributed by atoms with E-state index in [0.717, 1.165) is 19.0 Å². The highest BCUT2D eigenvalue weighted by atomic mass is 32.2. The molecule has 1 N–H and O–H groups in total. The van der Waals surface area contributed by atoms with Gasteiger partial charge in [0.05, 0.1) is 0 Å². The molecule has 0 amide bonds. The Balaban J connectivity index is 2.35. The molecule has 1 aliphatic rings. The third kappa shape index (κ3) is 6.44. The number of nitrogens with one attached hydrogen (secondary N) is 1. The van der Waals surface area contributed by atoms with Crippen LogP contribution in [0.25, 0.3) is 0 Å². The molecule has 0 spiro atoms. The van der Waals surface area contributed by atoms with Crippen molar-refractivity contribution >= 4 is 11.8 Å². The Kier molecular flexibility index (Phi) is 6.01. The van der Waals surface area contributed by atoms with Crippen molar-refractivity contribution in [1.29, 1.82) is 0 Å². The van der Waals surface area contributed by atoms with Gasteiger partial charge in [-0.1, -0.05) is 27.7 Å². The number of hydrogen-bond donors (Lipinski definition) is 1. The molecule has 1 aliphatic heterocycles. The molecule has 0 aromatic rings. The molecule has 18 heavy (non-hydrogen) atoms. The first-order valence-electron chi connectivity index (χ1n) is 7.27. The van der Waals surface area contributed by atoms with Crippen molar-refractivity contribution in [3.8, 4) is 0 Å². The maximum absolute atomic E-state index is 3.60. The van der Waals surface area contributed by atoms with Crippen LogP contribution < -0.4 is 5.32 Å². The first-order valence-corrected chi connectivity index (χ1v) is 8.26. The van der Waals surface area contributed by atoms with Gasteiger partial charge in [-0.15, -0.1) is 0 Å². The third-order valence-electron chi connectivity index (χ3n) is 3.31. The van der Waals surface area contributed by atoms with E-state index in [9.17, 15) is 0 Å². The molecule has 3 heteroatoms. The molecule has 2 nitrogen and oxygen atoms in total. The van der Waals surface area contributed by atoms with Gasteiger partial charge < -0.3 is 10.2 Å². The Hall–Kier alpha value is 0.270. The Morgan fingerprint density at radius 3 is 2.56 bits per heavy atom. The number of thioether (sulfide) groups is 1. The number of nitrogens with zero attached hydrogens (tertiary/aromatic N) is 1. The van der Waals surface area contributed by atoms with E-state index in [1.807, 2.05) is 0 Å². The van der Waals surface area contributed by atoms with Crippen LogP contribution in [0.4, 0.5) is 0 Å². The lowest BCUT2D eigenvalue weighted by atomic mass is 9.92. The Bertz CT molecular complexity index is 249. The quantitative estimate of drug-likeness (QED) is 0.800. The Morgan fingerprint density at radius 1 is 1.33 bits per heavy atom. The summed E-state index contributed by atoms with van der Waals surface area (Å²) in [6.45, 7) is 20.0. The van der Waals surface area contributed by atoms with E-state index in [2.05, 4.69) is 63.5 Å². The van der Waals surface area contributed by atoms with Crippen LogP contribution in [0.5, 0.6) is 0 Å². The zero-order valence-electron chi connectivity index (χ0n) is 13.2. The number of hydrogen-bond acceptors (Lipinski definition) is 3. The van der Waals surface area contributed by atoms with Crippen molar-refractivity contribution in [1.82, 2.24) is 10.2 Å². The normalized spacial score (nSPS) is 21.5. The van der Waals surface area contributed by atoms with Crippen LogP contribution in [-0.2, 0) is 0 Å². The van der Waals surface area contributed by atoms with Crippen molar-refractivity contribution < 1.29 is 0 Å². The van der Waals surface area contributed by atoms with Crippen LogP contribution in [0.3, 0.4) is 0 Å². The van der Waals surface area contributed by atoms with Gasteiger partial charge in [-0.2, -0.15) is 11.8 Å². The summed E-state index contributed by atoms with van der Waals surface area (Å²) in [6.07, 6.45) is 0. The van der Waals surface area contributed by atoms with E-state index in [-0.39, 0.29) is 0 Å². The summed E-state index contributed by atoms with van der Waals surface area (Å²) < 4.78 is 0.430. The summed E-state index contributed by atoms with van der Waals surface area (Å²) in [5.41, 5.74) is 0.368. The molecule has 0 bridgehead atoms. The summed E-state index contributed by atoms with van der Waals surface area (Å²) in [5, 5.41) is 3.60. The van der Waals surface area contributed by atoms with Crippen molar-refractivity contribution in [2.45, 2.75) is 46.3 Å². The first-order chi connectivity index (χ1) is 8.20. The zero-order chi connectivity index (χ0) is 13.8. The minimum absolute atomic E-state index is 0.368. The van der Waals surface area contributed by atoms with E-state index in [1.54, 1.807) is 0 Å². The summed E-state index contributed by atoms with van der Waals surface area (Å²) in [7, 11) is 0. The minimum Gasteiger partial charge on any atom is -0.316 e. The predicted octanol–water partition coefficient (Wildman–Crippen LogP) is 3.09. The van der Waals surface area contributed by atoms with Gasteiger partial charge in [-0.25, -0.2) is 0 Å². The average molecular weight is 273 g/mol. The highest BCUT2D eigenvalue weighted by Gasteiger charge is 2.30. The molecule has 1 fully saturated rings. The van der Waals surface area contributed by atoms with Gasteiger partial charge in [0, 0.05) is 36.7 Å². The van der Waals surface area contributed by atoms with E-state index in [4.69, 9.17) is 0 Å². The van der Waals surface area contributed by atoms with E-state index in [1.165, 1.54) is 25.4 Å². The van der Waals surface area contributed by atoms with Gasteiger partial charge in [-0.3, -0.25) is 0 Å². The highest BCUT2D eigenvalue weighted by molar-refractivity contribution is 8.00. The number of rotatable bonds is 6. The summed E-state index contributed by atoms with van der Waals surface area (Å²) in [5.74, 6) is 2.02. The van der Waals surface area contributed by atoms with Gasteiger partial charge in [-0.05, 0) is 31.7 Å². The fourth-order valence-corrected chi connectivity index (χ4v) is 3.79. The van der Waals surface area contributed by atoms with Gasteiger partial charge in [0.1, 0.15) is 0 Å². The van der Waals surface area contributed by atoms with Crippen LogP contribution in [0, 0.1) is 11.3 Å². The molecule has 0 saturated carbocycles. The minimum atomic E-state index is 0.368. The van der Waals surface area contributed by atoms with Crippen LogP contribution in [0.2, 0.25) is 0 Å². The standard InChI is InChI=1S/C15H32N2S/c1-13(2)9-16-10-14(3,4)11-17-7-8-18-15(5,6)12-17/h13,16H,7-12H2,1-6H3. The zero-order valence-corrected chi connectivity index (χ0v) is 14.0. The second-order valence-corrected chi connectivity index (χ2v) is 9.31. The second kappa shape index (κ2) is 6.62. The summed E-state index contributed by atoms with van der Waals surface area (Å²) in [6, 6.07) is 0. The smallest absolute Gasteiger partial charge is 0.0231 e. The fourth-order valence-electron chi connectivity index (χ4n) is 2.61. The van der Waals surface area contributed by atoms with Crippen LogP contribution in [-0.4, -0.2) is 48.1 Å². The van der Waals surface area contributed by atoms with Crippen LogP contribution in [0.15, 0.2) is 0 Å². The van der Waals surface area contributed by atoms with E-state index < -0.39 is 0 Å². The molecule has 0 aromatic carbocycles. The molecule has 0 unspecified atom stereocenters. The largest absolute Gasteiger partial charge is 0.316 e. The lowest BCUT2D eigenvalue weighted by molar-refractivity contribution is 0.167. The van der Waals surface area contributed by atoms with Crippen molar-refractivity contribution in [2.75, 3.05) is 38.5 Å². The fraction of sp³-hybridized carbons (Fsp3) is 1.00. The summed E-state index contributed by atoms with van der Waals surface area (Å²) in [4.78, 5) is 2.65. The average Bonchev–Trinajstić information content (AvgIpc) is 2.13. The van der Waals surface area contributed by atoms with Crippen LogP contribution in [0.1, 0.15) is 41.5 Å². The lowest BCUT2D eigenvalue weighted by Crippen LogP contribution is -2.48. The highest BCUT2D eigenvalue weighted by Crippen LogP contribution is 2.31. The predicted molar refractivity (Wildman–Crippen MR) is 84.5 cm³/mol.